The number of rotatable bonds is 7. The Bertz CT molecular complexity index is 564. The van der Waals surface area contributed by atoms with E-state index in [0.29, 0.717) is 12.2 Å². The third-order valence-corrected chi connectivity index (χ3v) is 5.39. The van der Waals surface area contributed by atoms with Crippen LogP contribution in [0.1, 0.15) is 29.1 Å². The molecule has 1 N–H and O–H groups in total. The van der Waals surface area contributed by atoms with Gasteiger partial charge in [0.1, 0.15) is 9.77 Å². The summed E-state index contributed by atoms with van der Waals surface area (Å²) in [6.45, 7) is 5.90. The Kier molecular flexibility index (Phi) is 6.12. The zero-order valence-electron chi connectivity index (χ0n) is 11.9. The van der Waals surface area contributed by atoms with Gasteiger partial charge in [0.25, 0.3) is 0 Å². The highest BCUT2D eigenvalue weighted by molar-refractivity contribution is 7.89. The van der Waals surface area contributed by atoms with Gasteiger partial charge in [-0.25, -0.2) is 17.9 Å². The first-order valence-corrected chi connectivity index (χ1v) is 8.47. The van der Waals surface area contributed by atoms with Crippen LogP contribution in [-0.4, -0.2) is 40.8 Å². The van der Waals surface area contributed by atoms with Crippen LogP contribution in [0, 0.1) is 6.92 Å². The van der Waals surface area contributed by atoms with E-state index in [0.717, 1.165) is 11.3 Å². The molecule has 8 heteroatoms. The van der Waals surface area contributed by atoms with Crippen LogP contribution in [0.4, 0.5) is 0 Å². The van der Waals surface area contributed by atoms with Gasteiger partial charge >= 0.3 is 5.97 Å². The van der Waals surface area contributed by atoms with Crippen molar-refractivity contribution in [1.29, 1.82) is 0 Å². The molecule has 0 bridgehead atoms. The molecule has 0 radical (unpaired) electrons. The number of methoxy groups -OCH3 is 1. The van der Waals surface area contributed by atoms with Gasteiger partial charge in [0.2, 0.25) is 10.0 Å². The molecule has 0 aliphatic rings. The Morgan fingerprint density at radius 2 is 2.15 bits per heavy atom. The van der Waals surface area contributed by atoms with E-state index in [9.17, 15) is 13.2 Å². The lowest BCUT2D eigenvalue weighted by Crippen LogP contribution is -2.33. The molecule has 0 spiro atoms. The summed E-state index contributed by atoms with van der Waals surface area (Å²) in [4.78, 5) is 11.7. The molecular weight excluding hydrogens is 302 g/mol. The summed E-state index contributed by atoms with van der Waals surface area (Å²) in [6.07, 6.45) is -0.240. The van der Waals surface area contributed by atoms with Gasteiger partial charge in [-0.3, -0.25) is 0 Å². The molecule has 114 valence electrons. The smallest absolute Gasteiger partial charge is 0.349 e. The fraction of sp³-hybridized carbons (Fsp3) is 0.583. The summed E-state index contributed by atoms with van der Waals surface area (Å²) >= 11 is 1.06. The standard InChI is InChI=1S/C12H19NO5S2/c1-5-18-9(3)6-13-20(15,16)11-8(2)7-19-10(11)12(14)17-4/h7,9,13H,5-6H2,1-4H3. The molecule has 0 saturated carbocycles. The summed E-state index contributed by atoms with van der Waals surface area (Å²) in [7, 11) is -2.55. The number of hydrogen-bond donors (Lipinski definition) is 1. The van der Waals surface area contributed by atoms with E-state index in [1.807, 2.05) is 6.92 Å². The van der Waals surface area contributed by atoms with Gasteiger partial charge in [-0.15, -0.1) is 11.3 Å². The molecule has 1 heterocycles. The summed E-state index contributed by atoms with van der Waals surface area (Å²) in [5.74, 6) is -0.652. The minimum atomic E-state index is -3.77. The van der Waals surface area contributed by atoms with Crippen molar-refractivity contribution in [3.63, 3.8) is 0 Å². The van der Waals surface area contributed by atoms with E-state index < -0.39 is 16.0 Å². The van der Waals surface area contributed by atoms with E-state index in [2.05, 4.69) is 9.46 Å². The predicted octanol–water partition coefficient (Wildman–Crippen LogP) is 1.55. The van der Waals surface area contributed by atoms with E-state index in [-0.39, 0.29) is 22.4 Å². The first kappa shape index (κ1) is 17.1. The van der Waals surface area contributed by atoms with Gasteiger partial charge in [-0.2, -0.15) is 0 Å². The number of aryl methyl sites for hydroxylation is 1. The number of thiophene rings is 1. The zero-order valence-corrected chi connectivity index (χ0v) is 13.6. The largest absolute Gasteiger partial charge is 0.465 e. The molecule has 20 heavy (non-hydrogen) atoms. The Labute approximate surface area is 123 Å². The van der Waals surface area contributed by atoms with Crippen LogP contribution in [0.15, 0.2) is 10.3 Å². The van der Waals surface area contributed by atoms with Crippen LogP contribution in [0.2, 0.25) is 0 Å². The van der Waals surface area contributed by atoms with Crippen LogP contribution >= 0.6 is 11.3 Å². The van der Waals surface area contributed by atoms with Crippen LogP contribution in [0.3, 0.4) is 0 Å². The second kappa shape index (κ2) is 7.16. The fourth-order valence-electron chi connectivity index (χ4n) is 1.64. The maximum Gasteiger partial charge on any atom is 0.349 e. The summed E-state index contributed by atoms with van der Waals surface area (Å²) < 4.78 is 36.9. The minimum absolute atomic E-state index is 0.0157. The molecule has 1 atom stereocenters. The predicted molar refractivity (Wildman–Crippen MR) is 76.7 cm³/mol. The molecule has 0 aliphatic heterocycles. The van der Waals surface area contributed by atoms with Gasteiger partial charge in [-0.1, -0.05) is 0 Å². The second-order valence-electron chi connectivity index (χ2n) is 4.19. The van der Waals surface area contributed by atoms with Crippen molar-refractivity contribution in [2.24, 2.45) is 0 Å². The number of nitrogens with one attached hydrogen (secondary N) is 1. The lowest BCUT2D eigenvalue weighted by atomic mass is 10.3. The third kappa shape index (κ3) is 4.02. The topological polar surface area (TPSA) is 81.7 Å². The first-order chi connectivity index (χ1) is 9.33. The van der Waals surface area contributed by atoms with Gasteiger partial charge in [-0.05, 0) is 31.7 Å². The Morgan fingerprint density at radius 1 is 1.50 bits per heavy atom. The van der Waals surface area contributed by atoms with Crippen molar-refractivity contribution < 1.29 is 22.7 Å². The van der Waals surface area contributed by atoms with Crippen molar-refractivity contribution in [2.75, 3.05) is 20.3 Å². The van der Waals surface area contributed by atoms with Crippen LogP contribution < -0.4 is 4.72 Å². The van der Waals surface area contributed by atoms with Crippen LogP contribution in [0.25, 0.3) is 0 Å². The molecule has 1 unspecified atom stereocenters. The lowest BCUT2D eigenvalue weighted by molar-refractivity contribution is 0.0602. The SMILES string of the molecule is CCOC(C)CNS(=O)(=O)c1c(C)csc1C(=O)OC. The van der Waals surface area contributed by atoms with E-state index in [1.165, 1.54) is 7.11 Å². The Balaban J connectivity index is 2.98. The van der Waals surface area contributed by atoms with Crippen LogP contribution in [-0.2, 0) is 19.5 Å². The molecule has 0 aromatic carbocycles. The van der Waals surface area contributed by atoms with Crippen molar-refractivity contribution >= 4 is 27.3 Å². The average molecular weight is 321 g/mol. The number of carbonyl (C=O) groups excluding carboxylic acids is 1. The molecule has 1 aromatic rings. The zero-order chi connectivity index (χ0) is 15.3. The maximum atomic E-state index is 12.3. The van der Waals surface area contributed by atoms with Crippen molar-refractivity contribution in [1.82, 2.24) is 4.72 Å². The summed E-state index contributed by atoms with van der Waals surface area (Å²) in [6, 6.07) is 0. The van der Waals surface area contributed by atoms with Crippen molar-refractivity contribution in [2.45, 2.75) is 31.8 Å². The fourth-order valence-corrected chi connectivity index (χ4v) is 4.46. The normalized spacial score (nSPS) is 13.2. The molecule has 1 aromatic heterocycles. The summed E-state index contributed by atoms with van der Waals surface area (Å²) in [5.41, 5.74) is 0.520. The number of sulfonamides is 1. The van der Waals surface area contributed by atoms with Gasteiger partial charge < -0.3 is 9.47 Å². The monoisotopic (exact) mass is 321 g/mol. The van der Waals surface area contributed by atoms with E-state index in [4.69, 9.17) is 4.74 Å². The molecule has 0 aliphatic carbocycles. The highest BCUT2D eigenvalue weighted by atomic mass is 32.2. The van der Waals surface area contributed by atoms with E-state index >= 15 is 0 Å². The molecule has 0 fully saturated rings. The highest BCUT2D eigenvalue weighted by Crippen LogP contribution is 2.27. The number of hydrogen-bond acceptors (Lipinski definition) is 6. The molecule has 1 rings (SSSR count). The Hall–Kier alpha value is -0.960. The quantitative estimate of drug-likeness (QED) is 0.771. The lowest BCUT2D eigenvalue weighted by Gasteiger charge is -2.13. The van der Waals surface area contributed by atoms with Gasteiger partial charge in [0.05, 0.1) is 13.2 Å². The van der Waals surface area contributed by atoms with Gasteiger partial charge in [0.15, 0.2) is 0 Å². The molecule has 0 amide bonds. The highest BCUT2D eigenvalue weighted by Gasteiger charge is 2.27. The first-order valence-electron chi connectivity index (χ1n) is 6.11. The van der Waals surface area contributed by atoms with E-state index in [1.54, 1.807) is 19.2 Å². The van der Waals surface area contributed by atoms with Crippen molar-refractivity contribution in [3.05, 3.63) is 15.8 Å². The molecule has 0 saturated heterocycles. The minimum Gasteiger partial charge on any atom is -0.465 e. The molecular formula is C12H19NO5S2. The van der Waals surface area contributed by atoms with Crippen molar-refractivity contribution in [3.8, 4) is 0 Å². The summed E-state index contributed by atoms with van der Waals surface area (Å²) in [5, 5.41) is 1.62. The van der Waals surface area contributed by atoms with Crippen LogP contribution in [0.5, 0.6) is 0 Å². The maximum absolute atomic E-state index is 12.3. The molecule has 6 nitrogen and oxygen atoms in total. The number of ether oxygens (including phenoxy) is 2. The van der Waals surface area contributed by atoms with Gasteiger partial charge in [0, 0.05) is 13.2 Å². The number of esters is 1. The third-order valence-electron chi connectivity index (χ3n) is 2.57. The second-order valence-corrected chi connectivity index (χ2v) is 6.77. The number of carbonyl (C=O) groups is 1. The average Bonchev–Trinajstić information content (AvgIpc) is 2.79. The Morgan fingerprint density at radius 3 is 2.70 bits per heavy atom.